The molecule has 0 bridgehead atoms. The van der Waals surface area contributed by atoms with Crippen molar-refractivity contribution in [3.8, 4) is 0 Å². The Morgan fingerprint density at radius 1 is 1.38 bits per heavy atom. The van der Waals surface area contributed by atoms with E-state index >= 15 is 0 Å². The lowest BCUT2D eigenvalue weighted by Gasteiger charge is -2.35. The van der Waals surface area contributed by atoms with Crippen LogP contribution in [0.1, 0.15) is 25.7 Å². The fourth-order valence-electron chi connectivity index (χ4n) is 1.96. The van der Waals surface area contributed by atoms with Crippen LogP contribution in [0.25, 0.3) is 0 Å². The topological polar surface area (TPSA) is 3.24 Å². The first-order valence-corrected chi connectivity index (χ1v) is 7.40. The number of hydrogen-bond acceptors (Lipinski definition) is 2. The first kappa shape index (κ1) is 11.9. The summed E-state index contributed by atoms with van der Waals surface area (Å²) in [6, 6.07) is 0.779. The molecule has 0 aromatic rings. The highest BCUT2D eigenvalue weighted by molar-refractivity contribution is 9.09. The second-order valence-electron chi connectivity index (χ2n) is 3.84. The Bertz CT molecular complexity index is 143. The molecule has 0 aliphatic heterocycles. The van der Waals surface area contributed by atoms with Gasteiger partial charge in [0.05, 0.1) is 0 Å². The Morgan fingerprint density at radius 2 is 2.08 bits per heavy atom. The second-order valence-corrected chi connectivity index (χ2v) is 6.00. The standard InChI is InChI=1S/C10H20BrNS/c1-12(7-8-13-2)10-6-4-3-5-9(10)11/h9-10H,3-8H2,1-2H3. The molecule has 0 amide bonds. The first-order valence-electron chi connectivity index (χ1n) is 5.09. The van der Waals surface area contributed by atoms with Crippen LogP contribution >= 0.6 is 27.7 Å². The third kappa shape index (κ3) is 3.80. The van der Waals surface area contributed by atoms with Gasteiger partial charge in [0.25, 0.3) is 0 Å². The van der Waals surface area contributed by atoms with E-state index < -0.39 is 0 Å². The van der Waals surface area contributed by atoms with Gasteiger partial charge in [0.1, 0.15) is 0 Å². The van der Waals surface area contributed by atoms with Crippen LogP contribution in [0.3, 0.4) is 0 Å². The highest BCUT2D eigenvalue weighted by atomic mass is 79.9. The maximum Gasteiger partial charge on any atom is 0.0301 e. The van der Waals surface area contributed by atoms with E-state index in [1.54, 1.807) is 0 Å². The fourth-order valence-corrected chi connectivity index (χ4v) is 3.43. The van der Waals surface area contributed by atoms with Gasteiger partial charge in [-0.2, -0.15) is 11.8 Å². The molecular formula is C10H20BrNS. The van der Waals surface area contributed by atoms with Gasteiger partial charge < -0.3 is 4.90 Å². The molecule has 0 spiro atoms. The van der Waals surface area contributed by atoms with E-state index in [1.165, 1.54) is 38.0 Å². The van der Waals surface area contributed by atoms with E-state index in [1.807, 2.05) is 11.8 Å². The summed E-state index contributed by atoms with van der Waals surface area (Å²) in [4.78, 5) is 3.25. The van der Waals surface area contributed by atoms with Crippen molar-refractivity contribution in [2.24, 2.45) is 0 Å². The van der Waals surface area contributed by atoms with Crippen LogP contribution in [0.2, 0.25) is 0 Å². The molecule has 78 valence electrons. The molecule has 0 aromatic heterocycles. The van der Waals surface area contributed by atoms with Gasteiger partial charge in [-0.15, -0.1) is 0 Å². The molecule has 1 rings (SSSR count). The predicted octanol–water partition coefficient (Wildman–Crippen LogP) is 2.99. The Labute approximate surface area is 94.8 Å². The van der Waals surface area contributed by atoms with Gasteiger partial charge in [-0.3, -0.25) is 0 Å². The highest BCUT2D eigenvalue weighted by Gasteiger charge is 2.25. The van der Waals surface area contributed by atoms with E-state index in [9.17, 15) is 0 Å². The smallest absolute Gasteiger partial charge is 0.0301 e. The van der Waals surface area contributed by atoms with E-state index in [0.29, 0.717) is 0 Å². The molecule has 1 nitrogen and oxygen atoms in total. The lowest BCUT2D eigenvalue weighted by Crippen LogP contribution is -2.41. The van der Waals surface area contributed by atoms with Crippen LogP contribution in [0.5, 0.6) is 0 Å². The zero-order valence-corrected chi connectivity index (χ0v) is 11.0. The van der Waals surface area contributed by atoms with Crippen molar-refractivity contribution < 1.29 is 0 Å². The van der Waals surface area contributed by atoms with Crippen molar-refractivity contribution in [1.29, 1.82) is 0 Å². The van der Waals surface area contributed by atoms with E-state index in [2.05, 4.69) is 34.1 Å². The zero-order valence-electron chi connectivity index (χ0n) is 8.63. The minimum Gasteiger partial charge on any atom is -0.301 e. The van der Waals surface area contributed by atoms with Crippen LogP contribution in [-0.2, 0) is 0 Å². The molecule has 2 atom stereocenters. The average Bonchev–Trinajstić information content (AvgIpc) is 2.15. The summed E-state index contributed by atoms with van der Waals surface area (Å²) in [6.45, 7) is 1.23. The molecular weight excluding hydrogens is 246 g/mol. The fraction of sp³-hybridized carbons (Fsp3) is 1.00. The molecule has 2 unspecified atom stereocenters. The summed E-state index contributed by atoms with van der Waals surface area (Å²) in [5, 5.41) is 0. The van der Waals surface area contributed by atoms with Gasteiger partial charge in [0.2, 0.25) is 0 Å². The third-order valence-electron chi connectivity index (χ3n) is 2.86. The molecule has 0 N–H and O–H groups in total. The minimum absolute atomic E-state index is 0.730. The summed E-state index contributed by atoms with van der Waals surface area (Å²) >= 11 is 5.74. The molecule has 0 heterocycles. The van der Waals surface area contributed by atoms with Crippen LogP contribution in [-0.4, -0.2) is 41.4 Å². The Morgan fingerprint density at radius 3 is 2.69 bits per heavy atom. The van der Waals surface area contributed by atoms with Gasteiger partial charge in [-0.25, -0.2) is 0 Å². The summed E-state index contributed by atoms with van der Waals surface area (Å²) < 4.78 is 0. The minimum atomic E-state index is 0.730. The van der Waals surface area contributed by atoms with Crippen molar-refractivity contribution in [1.82, 2.24) is 4.90 Å². The van der Waals surface area contributed by atoms with Crippen LogP contribution in [0.15, 0.2) is 0 Å². The molecule has 0 radical (unpaired) electrons. The van der Waals surface area contributed by atoms with E-state index in [0.717, 1.165) is 10.9 Å². The average molecular weight is 266 g/mol. The van der Waals surface area contributed by atoms with Gasteiger partial charge >= 0.3 is 0 Å². The number of halogens is 1. The van der Waals surface area contributed by atoms with E-state index in [-0.39, 0.29) is 0 Å². The van der Waals surface area contributed by atoms with Crippen molar-refractivity contribution in [2.45, 2.75) is 36.6 Å². The maximum atomic E-state index is 3.80. The summed E-state index contributed by atoms with van der Waals surface area (Å²) in [5.74, 6) is 1.26. The van der Waals surface area contributed by atoms with Gasteiger partial charge in [-0.1, -0.05) is 28.8 Å². The number of alkyl halides is 1. The Kier molecular flexibility index (Phi) is 5.75. The zero-order chi connectivity index (χ0) is 9.68. The predicted molar refractivity (Wildman–Crippen MR) is 66.0 cm³/mol. The van der Waals surface area contributed by atoms with Gasteiger partial charge in [0.15, 0.2) is 0 Å². The van der Waals surface area contributed by atoms with Gasteiger partial charge in [0, 0.05) is 23.2 Å². The monoisotopic (exact) mass is 265 g/mol. The lowest BCUT2D eigenvalue weighted by molar-refractivity contribution is 0.211. The van der Waals surface area contributed by atoms with Crippen LogP contribution in [0.4, 0.5) is 0 Å². The van der Waals surface area contributed by atoms with Crippen molar-refractivity contribution in [3.05, 3.63) is 0 Å². The normalized spacial score (nSPS) is 29.5. The van der Waals surface area contributed by atoms with Crippen LogP contribution < -0.4 is 0 Å². The lowest BCUT2D eigenvalue weighted by atomic mass is 9.94. The molecule has 3 heteroatoms. The maximum absolute atomic E-state index is 3.80. The molecule has 0 saturated heterocycles. The largest absolute Gasteiger partial charge is 0.301 e. The number of rotatable bonds is 4. The summed E-state index contributed by atoms with van der Waals surface area (Å²) in [7, 11) is 2.26. The Hall–Kier alpha value is 0.790. The summed E-state index contributed by atoms with van der Waals surface area (Å²) in [6.07, 6.45) is 7.73. The molecule has 0 aromatic carbocycles. The molecule has 1 aliphatic rings. The van der Waals surface area contributed by atoms with E-state index in [4.69, 9.17) is 0 Å². The third-order valence-corrected chi connectivity index (χ3v) is 4.52. The second kappa shape index (κ2) is 6.31. The first-order chi connectivity index (χ1) is 6.25. The molecule has 1 saturated carbocycles. The summed E-state index contributed by atoms with van der Waals surface area (Å²) in [5.41, 5.74) is 0. The number of hydrogen-bond donors (Lipinski definition) is 0. The van der Waals surface area contributed by atoms with Crippen molar-refractivity contribution in [2.75, 3.05) is 25.6 Å². The molecule has 13 heavy (non-hydrogen) atoms. The van der Waals surface area contributed by atoms with Crippen molar-refractivity contribution in [3.63, 3.8) is 0 Å². The van der Waals surface area contributed by atoms with Crippen molar-refractivity contribution >= 4 is 27.7 Å². The quantitative estimate of drug-likeness (QED) is 0.720. The Balaban J connectivity index is 2.30. The number of nitrogens with zero attached hydrogens (tertiary/aromatic N) is 1. The highest BCUT2D eigenvalue weighted by Crippen LogP contribution is 2.27. The molecule has 1 aliphatic carbocycles. The molecule has 1 fully saturated rings. The number of thioether (sulfide) groups is 1. The van der Waals surface area contributed by atoms with Gasteiger partial charge in [-0.05, 0) is 26.1 Å². The van der Waals surface area contributed by atoms with Crippen LogP contribution in [0, 0.1) is 0 Å². The SMILES string of the molecule is CSCCN(C)C1CCCCC1Br.